The molecular formula is C12H15N3. The van der Waals surface area contributed by atoms with E-state index in [1.54, 1.807) is 0 Å². The van der Waals surface area contributed by atoms with Gasteiger partial charge in [-0.05, 0) is 29.8 Å². The van der Waals surface area contributed by atoms with Crippen LogP contribution in [0.25, 0.3) is 0 Å². The third-order valence-corrected chi connectivity index (χ3v) is 2.30. The maximum absolute atomic E-state index is 3.31. The van der Waals surface area contributed by atoms with Gasteiger partial charge in [0.1, 0.15) is 5.82 Å². The number of H-pyrrole nitrogens is 1. The summed E-state index contributed by atoms with van der Waals surface area (Å²) in [4.78, 5) is 3.11. The highest BCUT2D eigenvalue weighted by Crippen LogP contribution is 2.11. The standard InChI is InChI=1S/C12H15N3/c1-13-11-5-2-4-10(8-11)9-15-12-6-3-7-14-12/h2-8,13-15H,9H2,1H3. The van der Waals surface area contributed by atoms with E-state index in [-0.39, 0.29) is 0 Å². The molecular weight excluding hydrogens is 186 g/mol. The Morgan fingerprint density at radius 2 is 2.13 bits per heavy atom. The SMILES string of the molecule is CNc1cccc(CNc2ccc[nH]2)c1. The van der Waals surface area contributed by atoms with E-state index in [2.05, 4.69) is 39.9 Å². The number of nitrogens with one attached hydrogen (secondary N) is 3. The van der Waals surface area contributed by atoms with Crippen LogP contribution in [0.5, 0.6) is 0 Å². The van der Waals surface area contributed by atoms with Gasteiger partial charge in [-0.2, -0.15) is 0 Å². The predicted octanol–water partition coefficient (Wildman–Crippen LogP) is 2.67. The van der Waals surface area contributed by atoms with Crippen molar-refractivity contribution in [2.24, 2.45) is 0 Å². The lowest BCUT2D eigenvalue weighted by Crippen LogP contribution is -2.00. The average Bonchev–Trinajstić information content (AvgIpc) is 2.79. The zero-order valence-corrected chi connectivity index (χ0v) is 8.75. The van der Waals surface area contributed by atoms with Crippen molar-refractivity contribution in [1.82, 2.24) is 4.98 Å². The van der Waals surface area contributed by atoms with Gasteiger partial charge in [0.15, 0.2) is 0 Å². The highest BCUT2D eigenvalue weighted by molar-refractivity contribution is 5.46. The van der Waals surface area contributed by atoms with Crippen LogP contribution in [-0.2, 0) is 6.54 Å². The van der Waals surface area contributed by atoms with Crippen LogP contribution in [0.1, 0.15) is 5.56 Å². The summed E-state index contributed by atoms with van der Waals surface area (Å²) in [6, 6.07) is 12.3. The molecule has 3 nitrogen and oxygen atoms in total. The van der Waals surface area contributed by atoms with Crippen LogP contribution < -0.4 is 10.6 Å². The van der Waals surface area contributed by atoms with E-state index in [0.717, 1.165) is 18.1 Å². The van der Waals surface area contributed by atoms with E-state index in [1.165, 1.54) is 5.56 Å². The Hall–Kier alpha value is -1.90. The summed E-state index contributed by atoms with van der Waals surface area (Å²) < 4.78 is 0. The normalized spacial score (nSPS) is 9.93. The Labute approximate surface area is 89.5 Å². The molecule has 0 atom stereocenters. The Balaban J connectivity index is 1.98. The monoisotopic (exact) mass is 201 g/mol. The van der Waals surface area contributed by atoms with Gasteiger partial charge in [0, 0.05) is 25.5 Å². The van der Waals surface area contributed by atoms with Crippen molar-refractivity contribution in [1.29, 1.82) is 0 Å². The van der Waals surface area contributed by atoms with E-state index in [4.69, 9.17) is 0 Å². The van der Waals surface area contributed by atoms with E-state index in [9.17, 15) is 0 Å². The second-order valence-electron chi connectivity index (χ2n) is 3.39. The van der Waals surface area contributed by atoms with Crippen LogP contribution in [0.3, 0.4) is 0 Å². The number of anilines is 2. The average molecular weight is 201 g/mol. The van der Waals surface area contributed by atoms with Crippen LogP contribution in [0.15, 0.2) is 42.6 Å². The molecule has 0 radical (unpaired) electrons. The Morgan fingerprint density at radius 1 is 1.20 bits per heavy atom. The minimum Gasteiger partial charge on any atom is -0.388 e. The van der Waals surface area contributed by atoms with Crippen LogP contribution in [0.2, 0.25) is 0 Å². The molecule has 3 heteroatoms. The van der Waals surface area contributed by atoms with Crippen LogP contribution >= 0.6 is 0 Å². The fourth-order valence-corrected chi connectivity index (χ4v) is 1.47. The van der Waals surface area contributed by atoms with Gasteiger partial charge in [0.25, 0.3) is 0 Å². The zero-order chi connectivity index (χ0) is 10.5. The van der Waals surface area contributed by atoms with E-state index in [0.29, 0.717) is 0 Å². The van der Waals surface area contributed by atoms with E-state index in [1.807, 2.05) is 25.4 Å². The number of hydrogen-bond donors (Lipinski definition) is 3. The molecule has 78 valence electrons. The number of aromatic nitrogens is 1. The van der Waals surface area contributed by atoms with Crippen molar-refractivity contribution in [2.45, 2.75) is 6.54 Å². The lowest BCUT2D eigenvalue weighted by Gasteiger charge is -2.06. The minimum absolute atomic E-state index is 0.829. The summed E-state index contributed by atoms with van der Waals surface area (Å²) in [6.45, 7) is 0.829. The number of rotatable bonds is 4. The Morgan fingerprint density at radius 3 is 2.87 bits per heavy atom. The van der Waals surface area contributed by atoms with Gasteiger partial charge in [0.05, 0.1) is 0 Å². The summed E-state index contributed by atoms with van der Waals surface area (Å²) in [5, 5.41) is 6.43. The molecule has 1 heterocycles. The first-order valence-electron chi connectivity index (χ1n) is 5.02. The quantitative estimate of drug-likeness (QED) is 0.711. The Bertz CT molecular complexity index is 407. The summed E-state index contributed by atoms with van der Waals surface area (Å²) in [7, 11) is 1.93. The number of aromatic amines is 1. The molecule has 0 amide bonds. The molecule has 0 spiro atoms. The van der Waals surface area contributed by atoms with Crippen molar-refractivity contribution >= 4 is 11.5 Å². The zero-order valence-electron chi connectivity index (χ0n) is 8.75. The van der Waals surface area contributed by atoms with Gasteiger partial charge in [-0.3, -0.25) is 0 Å². The fraction of sp³-hybridized carbons (Fsp3) is 0.167. The first kappa shape index (κ1) is 9.65. The topological polar surface area (TPSA) is 39.8 Å². The molecule has 0 bridgehead atoms. The number of hydrogen-bond acceptors (Lipinski definition) is 2. The molecule has 0 aliphatic carbocycles. The molecule has 15 heavy (non-hydrogen) atoms. The third-order valence-electron chi connectivity index (χ3n) is 2.30. The molecule has 2 aromatic rings. The molecule has 0 saturated heterocycles. The minimum atomic E-state index is 0.829. The summed E-state index contributed by atoms with van der Waals surface area (Å²) in [5.41, 5.74) is 2.40. The lowest BCUT2D eigenvalue weighted by molar-refractivity contribution is 1.12. The highest BCUT2D eigenvalue weighted by Gasteiger charge is 1.95. The molecule has 3 N–H and O–H groups in total. The largest absolute Gasteiger partial charge is 0.388 e. The summed E-state index contributed by atoms with van der Waals surface area (Å²) >= 11 is 0. The maximum atomic E-state index is 3.31. The molecule has 1 aromatic heterocycles. The molecule has 0 aliphatic rings. The van der Waals surface area contributed by atoms with Crippen LogP contribution in [0, 0.1) is 0 Å². The van der Waals surface area contributed by atoms with Gasteiger partial charge >= 0.3 is 0 Å². The second-order valence-corrected chi connectivity index (χ2v) is 3.39. The maximum Gasteiger partial charge on any atom is 0.103 e. The van der Waals surface area contributed by atoms with Crippen molar-refractivity contribution < 1.29 is 0 Å². The smallest absolute Gasteiger partial charge is 0.103 e. The van der Waals surface area contributed by atoms with Gasteiger partial charge in [0.2, 0.25) is 0 Å². The molecule has 0 unspecified atom stereocenters. The first-order chi connectivity index (χ1) is 7.38. The van der Waals surface area contributed by atoms with Crippen molar-refractivity contribution in [2.75, 3.05) is 17.7 Å². The van der Waals surface area contributed by atoms with Crippen LogP contribution in [-0.4, -0.2) is 12.0 Å². The molecule has 2 rings (SSSR count). The van der Waals surface area contributed by atoms with Crippen molar-refractivity contribution in [3.05, 3.63) is 48.2 Å². The molecule has 0 aliphatic heterocycles. The predicted molar refractivity (Wildman–Crippen MR) is 64.1 cm³/mol. The summed E-state index contributed by atoms with van der Waals surface area (Å²) in [6.07, 6.45) is 1.91. The van der Waals surface area contributed by atoms with E-state index < -0.39 is 0 Å². The lowest BCUT2D eigenvalue weighted by atomic mass is 10.2. The van der Waals surface area contributed by atoms with Crippen molar-refractivity contribution in [3.8, 4) is 0 Å². The van der Waals surface area contributed by atoms with Gasteiger partial charge in [-0.15, -0.1) is 0 Å². The third kappa shape index (κ3) is 2.53. The Kier molecular flexibility index (Phi) is 2.93. The van der Waals surface area contributed by atoms with Crippen molar-refractivity contribution in [3.63, 3.8) is 0 Å². The first-order valence-corrected chi connectivity index (χ1v) is 5.02. The molecule has 0 saturated carbocycles. The van der Waals surface area contributed by atoms with E-state index >= 15 is 0 Å². The highest BCUT2D eigenvalue weighted by atomic mass is 15.0. The molecule has 0 fully saturated rings. The van der Waals surface area contributed by atoms with Gasteiger partial charge in [-0.1, -0.05) is 12.1 Å². The van der Waals surface area contributed by atoms with Gasteiger partial charge in [-0.25, -0.2) is 0 Å². The fourth-order valence-electron chi connectivity index (χ4n) is 1.47. The number of benzene rings is 1. The summed E-state index contributed by atoms with van der Waals surface area (Å²) in [5.74, 6) is 1.05. The van der Waals surface area contributed by atoms with Gasteiger partial charge < -0.3 is 15.6 Å². The molecule has 1 aromatic carbocycles. The second kappa shape index (κ2) is 4.55. The van der Waals surface area contributed by atoms with Crippen LogP contribution in [0.4, 0.5) is 11.5 Å².